The first-order valence-corrected chi connectivity index (χ1v) is 6.73. The summed E-state index contributed by atoms with van der Waals surface area (Å²) >= 11 is 0. The maximum atomic E-state index is 11.4. The molecule has 0 amide bonds. The predicted molar refractivity (Wildman–Crippen MR) is 85.6 cm³/mol. The first kappa shape index (κ1) is 11.9. The molecule has 21 heavy (non-hydrogen) atoms. The summed E-state index contributed by atoms with van der Waals surface area (Å²) < 4.78 is 0. The van der Waals surface area contributed by atoms with E-state index in [1.54, 1.807) is 6.07 Å². The Balaban J connectivity index is 2.30. The second-order valence-corrected chi connectivity index (χ2v) is 5.12. The zero-order chi connectivity index (χ0) is 14.4. The van der Waals surface area contributed by atoms with Gasteiger partial charge in [0, 0.05) is 6.07 Å². The normalized spacial score (nSPS) is 11.2. The smallest absolute Gasteiger partial charge is 0.258 e. The van der Waals surface area contributed by atoms with Crippen molar-refractivity contribution in [2.24, 2.45) is 0 Å². The number of hydrogen-bond acceptors (Lipinski definition) is 2. The SMILES string of the molecule is O=[N+]([O-])c1cc2ccccc2c2cc3ccccc3cc12. The van der Waals surface area contributed by atoms with Crippen LogP contribution in [0.3, 0.4) is 0 Å². The number of nitro groups is 1. The highest BCUT2D eigenvalue weighted by atomic mass is 16.6. The Morgan fingerprint density at radius 3 is 1.90 bits per heavy atom. The summed E-state index contributed by atoms with van der Waals surface area (Å²) in [5.74, 6) is 0. The average Bonchev–Trinajstić information content (AvgIpc) is 2.52. The number of fused-ring (bicyclic) bond motifs is 4. The van der Waals surface area contributed by atoms with Gasteiger partial charge in [-0.25, -0.2) is 0 Å². The van der Waals surface area contributed by atoms with E-state index in [4.69, 9.17) is 0 Å². The van der Waals surface area contributed by atoms with Crippen LogP contribution in [0.15, 0.2) is 66.7 Å². The summed E-state index contributed by atoms with van der Waals surface area (Å²) in [5, 5.41) is 17.1. The minimum atomic E-state index is -0.302. The van der Waals surface area contributed by atoms with Crippen LogP contribution in [-0.4, -0.2) is 4.92 Å². The van der Waals surface area contributed by atoms with E-state index in [2.05, 4.69) is 0 Å². The van der Waals surface area contributed by atoms with Crippen LogP contribution in [0.25, 0.3) is 32.3 Å². The molecule has 0 heterocycles. The number of rotatable bonds is 1. The Hall–Kier alpha value is -2.94. The number of hydrogen-bond donors (Lipinski definition) is 0. The van der Waals surface area contributed by atoms with Crippen molar-refractivity contribution in [1.82, 2.24) is 0 Å². The second kappa shape index (κ2) is 4.28. The Morgan fingerprint density at radius 2 is 1.24 bits per heavy atom. The van der Waals surface area contributed by atoms with E-state index < -0.39 is 0 Å². The van der Waals surface area contributed by atoms with Crippen LogP contribution < -0.4 is 0 Å². The minimum Gasteiger partial charge on any atom is -0.258 e. The van der Waals surface area contributed by atoms with Crippen molar-refractivity contribution in [3.63, 3.8) is 0 Å². The molecular formula is C18H11NO2. The highest BCUT2D eigenvalue weighted by molar-refractivity contribution is 6.15. The number of nitrogens with zero attached hydrogens (tertiary/aromatic N) is 1. The lowest BCUT2D eigenvalue weighted by Gasteiger charge is -2.07. The molecule has 0 spiro atoms. The molecule has 0 aliphatic rings. The Labute approximate surface area is 120 Å². The first-order valence-electron chi connectivity index (χ1n) is 6.73. The molecule has 0 saturated heterocycles. The minimum absolute atomic E-state index is 0.162. The van der Waals surface area contributed by atoms with Gasteiger partial charge in [0.25, 0.3) is 5.69 Å². The fourth-order valence-corrected chi connectivity index (χ4v) is 2.92. The molecule has 0 bridgehead atoms. The van der Waals surface area contributed by atoms with Gasteiger partial charge in [0.05, 0.1) is 10.3 Å². The molecule has 4 aromatic rings. The quantitative estimate of drug-likeness (QED) is 0.211. The van der Waals surface area contributed by atoms with Gasteiger partial charge in [-0.2, -0.15) is 0 Å². The topological polar surface area (TPSA) is 43.1 Å². The van der Waals surface area contributed by atoms with Gasteiger partial charge in [0.1, 0.15) is 0 Å². The molecule has 0 fully saturated rings. The molecule has 0 aromatic heterocycles. The van der Waals surface area contributed by atoms with Crippen molar-refractivity contribution in [2.45, 2.75) is 0 Å². The monoisotopic (exact) mass is 273 g/mol. The van der Waals surface area contributed by atoms with Crippen LogP contribution in [-0.2, 0) is 0 Å². The first-order chi connectivity index (χ1) is 10.2. The van der Waals surface area contributed by atoms with Crippen LogP contribution >= 0.6 is 0 Å². The van der Waals surface area contributed by atoms with Crippen molar-refractivity contribution >= 4 is 38.0 Å². The summed E-state index contributed by atoms with van der Waals surface area (Å²) in [5.41, 5.74) is 0.162. The molecule has 100 valence electrons. The van der Waals surface area contributed by atoms with Crippen molar-refractivity contribution in [3.05, 3.63) is 76.8 Å². The summed E-state index contributed by atoms with van der Waals surface area (Å²) in [6, 6.07) is 21.3. The molecule has 3 heteroatoms. The number of benzene rings is 4. The molecule has 0 radical (unpaired) electrons. The molecule has 3 nitrogen and oxygen atoms in total. The molecule has 0 unspecified atom stereocenters. The van der Waals surface area contributed by atoms with Gasteiger partial charge in [-0.1, -0.05) is 48.5 Å². The Morgan fingerprint density at radius 1 is 0.667 bits per heavy atom. The van der Waals surface area contributed by atoms with E-state index in [9.17, 15) is 10.1 Å². The molecular weight excluding hydrogens is 262 g/mol. The third-order valence-corrected chi connectivity index (χ3v) is 3.90. The molecule has 4 rings (SSSR count). The fraction of sp³-hybridized carbons (Fsp3) is 0. The van der Waals surface area contributed by atoms with E-state index in [-0.39, 0.29) is 10.6 Å². The summed E-state index contributed by atoms with van der Waals surface area (Å²) in [7, 11) is 0. The van der Waals surface area contributed by atoms with Crippen LogP contribution in [0.1, 0.15) is 0 Å². The van der Waals surface area contributed by atoms with Gasteiger partial charge >= 0.3 is 0 Å². The fourth-order valence-electron chi connectivity index (χ4n) is 2.92. The second-order valence-electron chi connectivity index (χ2n) is 5.12. The van der Waals surface area contributed by atoms with E-state index in [0.29, 0.717) is 5.39 Å². The Bertz CT molecular complexity index is 1020. The molecule has 0 aliphatic heterocycles. The van der Waals surface area contributed by atoms with Crippen molar-refractivity contribution in [3.8, 4) is 0 Å². The lowest BCUT2D eigenvalue weighted by molar-refractivity contribution is -0.382. The van der Waals surface area contributed by atoms with Crippen molar-refractivity contribution in [1.29, 1.82) is 0 Å². The van der Waals surface area contributed by atoms with E-state index in [1.807, 2.05) is 60.7 Å². The molecule has 0 aliphatic carbocycles. The molecule has 0 saturated carbocycles. The van der Waals surface area contributed by atoms with Gasteiger partial charge in [-0.3, -0.25) is 10.1 Å². The highest BCUT2D eigenvalue weighted by Gasteiger charge is 2.15. The zero-order valence-corrected chi connectivity index (χ0v) is 11.1. The van der Waals surface area contributed by atoms with E-state index >= 15 is 0 Å². The maximum absolute atomic E-state index is 11.4. The average molecular weight is 273 g/mol. The van der Waals surface area contributed by atoms with Crippen molar-refractivity contribution in [2.75, 3.05) is 0 Å². The number of non-ortho nitro benzene ring substituents is 1. The van der Waals surface area contributed by atoms with E-state index in [1.165, 1.54) is 0 Å². The standard InChI is InChI=1S/C18H11NO2/c20-19(21)18-11-14-7-3-4-8-15(14)16-9-12-5-1-2-6-13(12)10-17(16)18/h1-11H. The lowest BCUT2D eigenvalue weighted by Crippen LogP contribution is -1.91. The van der Waals surface area contributed by atoms with Crippen LogP contribution in [0.4, 0.5) is 5.69 Å². The zero-order valence-electron chi connectivity index (χ0n) is 11.1. The number of nitro benzene ring substituents is 1. The van der Waals surface area contributed by atoms with Gasteiger partial charge in [-0.15, -0.1) is 0 Å². The van der Waals surface area contributed by atoms with Crippen LogP contribution in [0, 0.1) is 10.1 Å². The summed E-state index contributed by atoms with van der Waals surface area (Å²) in [6.45, 7) is 0. The third kappa shape index (κ3) is 1.75. The maximum Gasteiger partial charge on any atom is 0.277 e. The van der Waals surface area contributed by atoms with Crippen LogP contribution in [0.5, 0.6) is 0 Å². The summed E-state index contributed by atoms with van der Waals surface area (Å²) in [6.07, 6.45) is 0. The van der Waals surface area contributed by atoms with Crippen LogP contribution in [0.2, 0.25) is 0 Å². The third-order valence-electron chi connectivity index (χ3n) is 3.90. The lowest BCUT2D eigenvalue weighted by atomic mass is 9.97. The summed E-state index contributed by atoms with van der Waals surface area (Å²) in [4.78, 5) is 11.1. The predicted octanol–water partition coefficient (Wildman–Crippen LogP) is 5.05. The van der Waals surface area contributed by atoms with Crippen molar-refractivity contribution < 1.29 is 4.92 Å². The molecule has 4 aromatic carbocycles. The Kier molecular flexibility index (Phi) is 2.42. The largest absolute Gasteiger partial charge is 0.277 e. The van der Waals surface area contributed by atoms with Gasteiger partial charge in [0.2, 0.25) is 0 Å². The van der Waals surface area contributed by atoms with E-state index in [0.717, 1.165) is 26.9 Å². The highest BCUT2D eigenvalue weighted by Crippen LogP contribution is 2.35. The molecule has 0 N–H and O–H groups in total. The molecule has 0 atom stereocenters. The van der Waals surface area contributed by atoms with Gasteiger partial charge < -0.3 is 0 Å². The van der Waals surface area contributed by atoms with Gasteiger partial charge in [-0.05, 0) is 39.1 Å². The van der Waals surface area contributed by atoms with Gasteiger partial charge in [0.15, 0.2) is 0 Å².